The monoisotopic (exact) mass is 274 g/mol. The van der Waals surface area contributed by atoms with Crippen molar-refractivity contribution in [1.82, 2.24) is 5.32 Å². The molecule has 0 fully saturated rings. The van der Waals surface area contributed by atoms with Gasteiger partial charge in [-0.15, -0.1) is 0 Å². The maximum absolute atomic E-state index is 12.0. The van der Waals surface area contributed by atoms with Gasteiger partial charge in [-0.05, 0) is 18.1 Å². The van der Waals surface area contributed by atoms with Crippen molar-refractivity contribution in [2.24, 2.45) is 11.7 Å². The third-order valence-corrected chi connectivity index (χ3v) is 3.24. The minimum absolute atomic E-state index is 0.000318. The van der Waals surface area contributed by atoms with Gasteiger partial charge in [-0.3, -0.25) is 4.79 Å². The molecule has 20 heavy (non-hydrogen) atoms. The maximum atomic E-state index is 12.0. The highest BCUT2D eigenvalue weighted by atomic mass is 16.4. The van der Waals surface area contributed by atoms with Gasteiger partial charge in [-0.1, -0.05) is 32.0 Å². The molecule has 0 aliphatic heterocycles. The molecule has 1 unspecified atom stereocenters. The third kappa shape index (κ3) is 3.05. The smallest absolute Gasteiger partial charge is 0.349 e. The summed E-state index contributed by atoms with van der Waals surface area (Å²) in [4.78, 5) is 23.8. The van der Waals surface area contributed by atoms with E-state index < -0.39 is 11.5 Å². The molecule has 3 N–H and O–H groups in total. The van der Waals surface area contributed by atoms with Crippen LogP contribution in [0, 0.1) is 5.92 Å². The quantitative estimate of drug-likeness (QED) is 0.827. The lowest BCUT2D eigenvalue weighted by Crippen LogP contribution is -2.41. The van der Waals surface area contributed by atoms with Crippen LogP contribution >= 0.6 is 0 Å². The Morgan fingerprint density at radius 1 is 1.35 bits per heavy atom. The second kappa shape index (κ2) is 5.88. The Hall–Kier alpha value is -2.14. The molecule has 106 valence electrons. The number of para-hydroxylation sites is 1. The standard InChI is InChI=1S/C15H18N2O3/c1-9(2)12(16)8-17-14(18)11-7-10-5-3-4-6-13(10)20-15(11)19/h3-7,9,12H,8,16H2,1-2H3,(H,17,18). The lowest BCUT2D eigenvalue weighted by atomic mass is 10.1. The van der Waals surface area contributed by atoms with E-state index in [1.807, 2.05) is 19.9 Å². The summed E-state index contributed by atoms with van der Waals surface area (Å²) >= 11 is 0. The van der Waals surface area contributed by atoms with Crippen LogP contribution in [0.3, 0.4) is 0 Å². The van der Waals surface area contributed by atoms with E-state index in [0.717, 1.165) is 0 Å². The van der Waals surface area contributed by atoms with Crippen LogP contribution in [-0.4, -0.2) is 18.5 Å². The number of nitrogens with two attached hydrogens (primary N) is 1. The molecule has 2 aromatic rings. The zero-order valence-electron chi connectivity index (χ0n) is 11.6. The van der Waals surface area contributed by atoms with Crippen molar-refractivity contribution in [2.75, 3.05) is 6.54 Å². The van der Waals surface area contributed by atoms with E-state index in [1.54, 1.807) is 18.2 Å². The van der Waals surface area contributed by atoms with Crippen molar-refractivity contribution in [1.29, 1.82) is 0 Å². The second-order valence-corrected chi connectivity index (χ2v) is 5.10. The van der Waals surface area contributed by atoms with Crippen molar-refractivity contribution in [3.8, 4) is 0 Å². The Morgan fingerprint density at radius 3 is 2.75 bits per heavy atom. The first-order valence-corrected chi connectivity index (χ1v) is 6.55. The summed E-state index contributed by atoms with van der Waals surface area (Å²) in [6.45, 7) is 4.27. The van der Waals surface area contributed by atoms with Crippen LogP contribution in [0.5, 0.6) is 0 Å². The topological polar surface area (TPSA) is 85.3 Å². The van der Waals surface area contributed by atoms with Crippen LogP contribution in [0.2, 0.25) is 0 Å². The van der Waals surface area contributed by atoms with Gasteiger partial charge >= 0.3 is 5.63 Å². The molecule has 5 heteroatoms. The second-order valence-electron chi connectivity index (χ2n) is 5.10. The Balaban J connectivity index is 2.22. The molecule has 5 nitrogen and oxygen atoms in total. The molecular weight excluding hydrogens is 256 g/mol. The average molecular weight is 274 g/mol. The van der Waals surface area contributed by atoms with E-state index in [-0.39, 0.29) is 17.5 Å². The third-order valence-electron chi connectivity index (χ3n) is 3.24. The van der Waals surface area contributed by atoms with E-state index in [9.17, 15) is 9.59 Å². The first-order valence-electron chi connectivity index (χ1n) is 6.55. The fourth-order valence-corrected chi connectivity index (χ4v) is 1.76. The Kier molecular flexibility index (Phi) is 4.20. The highest BCUT2D eigenvalue weighted by Gasteiger charge is 2.15. The lowest BCUT2D eigenvalue weighted by molar-refractivity contribution is 0.0945. The number of amides is 1. The van der Waals surface area contributed by atoms with Gasteiger partial charge in [0, 0.05) is 18.0 Å². The van der Waals surface area contributed by atoms with Crippen molar-refractivity contribution >= 4 is 16.9 Å². The number of nitrogens with one attached hydrogen (secondary N) is 1. The molecule has 2 rings (SSSR count). The van der Waals surface area contributed by atoms with Crippen molar-refractivity contribution in [3.63, 3.8) is 0 Å². The zero-order valence-corrected chi connectivity index (χ0v) is 11.6. The minimum atomic E-state index is -0.640. The zero-order chi connectivity index (χ0) is 14.7. The molecule has 1 heterocycles. The van der Waals surface area contributed by atoms with Gasteiger partial charge < -0.3 is 15.5 Å². The van der Waals surface area contributed by atoms with Crippen molar-refractivity contribution in [3.05, 3.63) is 46.3 Å². The summed E-state index contributed by atoms with van der Waals surface area (Å²) < 4.78 is 5.12. The SMILES string of the molecule is CC(C)C(N)CNC(=O)c1cc2ccccc2oc1=O. The molecule has 0 aliphatic rings. The number of fused-ring (bicyclic) bond motifs is 1. The van der Waals surface area contributed by atoms with Crippen molar-refractivity contribution < 1.29 is 9.21 Å². The van der Waals surface area contributed by atoms with Crippen LogP contribution in [-0.2, 0) is 0 Å². The fourth-order valence-electron chi connectivity index (χ4n) is 1.76. The van der Waals surface area contributed by atoms with Crippen LogP contribution in [0.4, 0.5) is 0 Å². The summed E-state index contributed by atoms with van der Waals surface area (Å²) in [5, 5.41) is 3.37. The van der Waals surface area contributed by atoms with Crippen LogP contribution in [0.15, 0.2) is 39.5 Å². The largest absolute Gasteiger partial charge is 0.422 e. The molecule has 0 radical (unpaired) electrons. The van der Waals surface area contributed by atoms with E-state index >= 15 is 0 Å². The number of rotatable bonds is 4. The number of carbonyl (C=O) groups excluding carboxylic acids is 1. The molecular formula is C15H18N2O3. The first kappa shape index (κ1) is 14.3. The Bertz CT molecular complexity index is 676. The van der Waals surface area contributed by atoms with Crippen LogP contribution < -0.4 is 16.7 Å². The number of benzene rings is 1. The van der Waals surface area contributed by atoms with Gasteiger partial charge in [0.05, 0.1) is 0 Å². The normalized spacial score (nSPS) is 12.6. The first-order chi connectivity index (χ1) is 9.49. The van der Waals surface area contributed by atoms with E-state index in [1.165, 1.54) is 6.07 Å². The average Bonchev–Trinajstić information content (AvgIpc) is 2.43. The van der Waals surface area contributed by atoms with Crippen LogP contribution in [0.25, 0.3) is 11.0 Å². The van der Waals surface area contributed by atoms with E-state index in [2.05, 4.69) is 5.32 Å². The van der Waals surface area contributed by atoms with Gasteiger partial charge in [0.1, 0.15) is 11.1 Å². The maximum Gasteiger partial charge on any atom is 0.349 e. The fraction of sp³-hybridized carbons (Fsp3) is 0.333. The van der Waals surface area contributed by atoms with E-state index in [4.69, 9.17) is 10.2 Å². The molecule has 1 atom stereocenters. The summed E-state index contributed by atoms with van der Waals surface area (Å²) in [5.41, 5.74) is 5.68. The highest BCUT2D eigenvalue weighted by Crippen LogP contribution is 2.12. The molecule has 1 aromatic heterocycles. The molecule has 0 bridgehead atoms. The molecule has 0 saturated heterocycles. The minimum Gasteiger partial charge on any atom is -0.422 e. The lowest BCUT2D eigenvalue weighted by Gasteiger charge is -2.15. The van der Waals surface area contributed by atoms with Crippen molar-refractivity contribution in [2.45, 2.75) is 19.9 Å². The molecule has 0 saturated carbocycles. The highest BCUT2D eigenvalue weighted by molar-refractivity contribution is 5.96. The van der Waals surface area contributed by atoms with E-state index in [0.29, 0.717) is 17.5 Å². The number of carbonyl (C=O) groups is 1. The summed E-state index contributed by atoms with van der Waals surface area (Å²) in [6, 6.07) is 8.46. The summed E-state index contributed by atoms with van der Waals surface area (Å²) in [6.07, 6.45) is 0. The van der Waals surface area contributed by atoms with Crippen LogP contribution in [0.1, 0.15) is 24.2 Å². The van der Waals surface area contributed by atoms with Gasteiger partial charge in [0.2, 0.25) is 0 Å². The molecule has 0 aliphatic carbocycles. The summed E-state index contributed by atoms with van der Waals surface area (Å²) in [5.74, 6) is -0.205. The Morgan fingerprint density at radius 2 is 2.05 bits per heavy atom. The Labute approximate surface area is 116 Å². The molecule has 1 aromatic carbocycles. The number of hydrogen-bond acceptors (Lipinski definition) is 4. The van der Waals surface area contributed by atoms with Gasteiger partial charge in [-0.2, -0.15) is 0 Å². The van der Waals surface area contributed by atoms with Gasteiger partial charge in [-0.25, -0.2) is 4.79 Å². The predicted molar refractivity (Wildman–Crippen MR) is 77.6 cm³/mol. The summed E-state index contributed by atoms with van der Waals surface area (Å²) in [7, 11) is 0. The number of hydrogen-bond donors (Lipinski definition) is 2. The van der Waals surface area contributed by atoms with Gasteiger partial charge in [0.25, 0.3) is 5.91 Å². The predicted octanol–water partition coefficient (Wildman–Crippen LogP) is 1.51. The molecule has 1 amide bonds. The molecule has 0 spiro atoms. The van der Waals surface area contributed by atoms with Gasteiger partial charge in [0.15, 0.2) is 0 Å².